The predicted molar refractivity (Wildman–Crippen MR) is 258 cm³/mol. The first-order chi connectivity index (χ1) is 32.4. The largest absolute Gasteiger partial charge is 0.459 e. The minimum absolute atomic E-state index is 0. The second-order valence-electron chi connectivity index (χ2n) is 18.0. The highest BCUT2D eigenvalue weighted by molar-refractivity contribution is 7.89. The number of esters is 1. The molecular weight excluding hydrogens is 939 g/mol. The molecule has 4 aromatic heterocycles. The maximum absolute atomic E-state index is 15.3. The Morgan fingerprint density at radius 1 is 0.725 bits per heavy atom. The van der Waals surface area contributed by atoms with Crippen molar-refractivity contribution in [1.82, 2.24) is 48.9 Å². The quantitative estimate of drug-likeness (QED) is 0.0843. The Morgan fingerprint density at radius 2 is 1.12 bits per heavy atom. The maximum Gasteiger partial charge on any atom is 0.305 e. The monoisotopic (exact) mass is 1010 g/mol. The molecule has 0 aromatic carbocycles. The highest BCUT2D eigenvalue weighted by atomic mass is 32.2. The Labute approximate surface area is 403 Å². The van der Waals surface area contributed by atoms with Crippen LogP contribution in [0.1, 0.15) is 122 Å². The zero-order valence-corrected chi connectivity index (χ0v) is 41.3. The lowest BCUT2D eigenvalue weighted by atomic mass is 9.83. The number of aliphatic hydroxyl groups excluding tert-OH is 1. The number of rotatable bonds is 16. The third kappa shape index (κ3) is 11.9. The van der Waals surface area contributed by atoms with Gasteiger partial charge in [0.05, 0.1) is 18.1 Å². The van der Waals surface area contributed by atoms with Crippen molar-refractivity contribution in [3.05, 3.63) is 46.5 Å². The van der Waals surface area contributed by atoms with E-state index in [1.165, 1.54) is 0 Å². The molecule has 4 saturated heterocycles. The number of fused-ring (bicyclic) bond motifs is 4. The van der Waals surface area contributed by atoms with Gasteiger partial charge in [-0.3, -0.25) is 15.0 Å². The average Bonchev–Trinajstić information content (AvgIpc) is 3.94. The van der Waals surface area contributed by atoms with Crippen LogP contribution >= 0.6 is 0 Å². The Bertz CT molecular complexity index is 2610. The zero-order chi connectivity index (χ0) is 49.1. The minimum atomic E-state index is -3.30. The Kier molecular flexibility index (Phi) is 17.2. The van der Waals surface area contributed by atoms with E-state index < -0.39 is 44.3 Å². The van der Waals surface area contributed by atoms with Crippen molar-refractivity contribution in [1.29, 1.82) is 0 Å². The van der Waals surface area contributed by atoms with Crippen molar-refractivity contribution >= 4 is 61.2 Å². The van der Waals surface area contributed by atoms with Gasteiger partial charge in [-0.2, -0.15) is 28.8 Å². The lowest BCUT2D eigenvalue weighted by molar-refractivity contribution is -0.144. The van der Waals surface area contributed by atoms with Gasteiger partial charge in [-0.15, -0.1) is 0 Å². The van der Waals surface area contributed by atoms with Gasteiger partial charge in [0, 0.05) is 80.3 Å². The molecule has 0 radical (unpaired) electrons. The third-order valence-corrected chi connectivity index (χ3v) is 17.3. The third-order valence-electron chi connectivity index (χ3n) is 13.4. The predicted octanol–water partition coefficient (Wildman–Crippen LogP) is 5.71. The van der Waals surface area contributed by atoms with E-state index in [0.29, 0.717) is 37.3 Å². The lowest BCUT2D eigenvalue weighted by Crippen LogP contribution is -2.58. The molecule has 8 heterocycles. The van der Waals surface area contributed by atoms with Crippen LogP contribution in [0.2, 0.25) is 0 Å². The van der Waals surface area contributed by atoms with Crippen LogP contribution in [0.3, 0.4) is 0 Å². The Morgan fingerprint density at radius 3 is 1.46 bits per heavy atom. The summed E-state index contributed by atoms with van der Waals surface area (Å²) >= 11 is 0. The molecule has 4 aliphatic heterocycles. The molecule has 4 aromatic rings. The number of aliphatic hydroxyl groups is 1. The van der Waals surface area contributed by atoms with Gasteiger partial charge >= 0.3 is 5.97 Å². The molecule has 4 aliphatic rings. The van der Waals surface area contributed by atoms with E-state index in [0.717, 1.165) is 49.9 Å². The number of anilines is 6. The number of aromatic nitrogens is 8. The summed E-state index contributed by atoms with van der Waals surface area (Å²) in [5, 5.41) is 29.1. The van der Waals surface area contributed by atoms with Crippen molar-refractivity contribution in [3.63, 3.8) is 0 Å². The molecule has 25 heteroatoms. The molecule has 0 amide bonds. The topological polar surface area (TPSA) is 261 Å². The Hall–Kier alpha value is -5.11. The first-order valence-electron chi connectivity index (χ1n) is 23.3. The van der Waals surface area contributed by atoms with Crippen LogP contribution in [0, 0.1) is 25.5 Å². The molecule has 8 rings (SSSR count). The van der Waals surface area contributed by atoms with E-state index in [4.69, 9.17) is 4.74 Å². The summed E-state index contributed by atoms with van der Waals surface area (Å²) in [6.07, 6.45) is 8.05. The summed E-state index contributed by atoms with van der Waals surface area (Å²) in [5.41, 5.74) is 1.45. The summed E-state index contributed by atoms with van der Waals surface area (Å²) in [6.45, 7) is 7.78. The molecule has 2 unspecified atom stereocenters. The smallest absolute Gasteiger partial charge is 0.305 e. The van der Waals surface area contributed by atoms with Gasteiger partial charge in [-0.05, 0) is 79.1 Å². The molecule has 0 spiro atoms. The van der Waals surface area contributed by atoms with Crippen LogP contribution < -0.4 is 20.4 Å². The SMILES string of the molecule is C.CCC(=O)OCc1nc(N(C)C2C[C@H]3CCC[C@@H](C2)N3S(=O)(=O)CC)nc(Nc2cc(C)[nH]n2)c1F.CCS(=O)(=O)N1[C@@H]2CCC[C@H]1CC(N(C)c1nc(CO)c(F)c(Nc3cc(C)[nH]n3)n1)C2. The molecule has 6 atom stereocenters. The number of sulfonamides is 2. The fourth-order valence-corrected chi connectivity index (χ4v) is 13.1. The molecule has 0 aliphatic carbocycles. The molecular formula is C44H68F2N14O7S2. The minimum Gasteiger partial charge on any atom is -0.459 e. The number of carbonyl (C=O) groups is 1. The van der Waals surface area contributed by atoms with Crippen LogP contribution in [0.15, 0.2) is 12.1 Å². The van der Waals surface area contributed by atoms with E-state index in [2.05, 4.69) is 51.0 Å². The molecule has 5 N–H and O–H groups in total. The average molecular weight is 1010 g/mol. The van der Waals surface area contributed by atoms with Gasteiger partial charge in [0.25, 0.3) is 0 Å². The number of nitrogens with zero attached hydrogens (tertiary/aromatic N) is 10. The molecule has 4 bridgehead atoms. The molecule has 382 valence electrons. The summed E-state index contributed by atoms with van der Waals surface area (Å²) in [4.78, 5) is 32.9. The number of nitrogens with one attached hydrogen (secondary N) is 4. The highest BCUT2D eigenvalue weighted by Gasteiger charge is 2.46. The van der Waals surface area contributed by atoms with Crippen LogP contribution in [0.5, 0.6) is 0 Å². The van der Waals surface area contributed by atoms with Gasteiger partial charge in [-0.25, -0.2) is 35.6 Å². The standard InChI is InChI=1S/C23H34FN7O4S.C20H30FN7O3S.CH4/c1-5-20(32)35-13-18-21(24)22(26-19-10-14(3)28-29-19)27-23(25-18)30(4)17-11-15-8-7-9-16(12-17)31(15)36(33,34)6-2;1-4-32(30,31)28-13-6-5-7-14(28)10-15(9-13)27(3)20-22-16(11-29)18(21)19(24-20)23-17-8-12(2)25-26-17;/h10,15-17H,5-9,11-13H2,1-4H3,(H2,25,26,27,28,29);8,13-15,29H,4-7,9-11H2,1-3H3,(H2,22,23,24,25,26);1H4/t15-,16+,17?;13-,14+,15?;. The number of aromatic amines is 2. The van der Waals surface area contributed by atoms with E-state index in [1.807, 2.05) is 37.7 Å². The molecule has 0 saturated carbocycles. The number of hydrogen-bond acceptors (Lipinski definition) is 17. The number of halogens is 2. The molecule has 21 nitrogen and oxygen atoms in total. The van der Waals surface area contributed by atoms with Crippen molar-refractivity contribution < 1.29 is 40.3 Å². The zero-order valence-electron chi connectivity index (χ0n) is 39.7. The second-order valence-corrected chi connectivity index (χ2v) is 22.3. The van der Waals surface area contributed by atoms with E-state index in [9.17, 15) is 31.1 Å². The van der Waals surface area contributed by atoms with Crippen molar-refractivity contribution in [3.8, 4) is 0 Å². The first-order valence-corrected chi connectivity index (χ1v) is 26.5. The number of carbonyl (C=O) groups excluding carboxylic acids is 1. The lowest BCUT2D eigenvalue weighted by Gasteiger charge is -2.49. The van der Waals surface area contributed by atoms with Crippen LogP contribution in [0.4, 0.5) is 43.9 Å². The number of hydrogen-bond donors (Lipinski definition) is 5. The second kappa shape index (κ2) is 22.3. The Balaban J connectivity index is 0.000000225. The normalized spacial score (nSPS) is 22.7. The number of ether oxygens (including phenoxy) is 1. The maximum atomic E-state index is 15.3. The van der Waals surface area contributed by atoms with Crippen LogP contribution in [0.25, 0.3) is 0 Å². The van der Waals surface area contributed by atoms with Crippen LogP contribution in [-0.2, 0) is 42.8 Å². The van der Waals surface area contributed by atoms with E-state index in [-0.39, 0.29) is 103 Å². The molecule has 4 fully saturated rings. The summed E-state index contributed by atoms with van der Waals surface area (Å²) in [6, 6.07) is 3.15. The van der Waals surface area contributed by atoms with Crippen molar-refractivity contribution in [2.75, 3.05) is 46.0 Å². The fourth-order valence-electron chi connectivity index (χ4n) is 9.89. The van der Waals surface area contributed by atoms with Crippen molar-refractivity contribution in [2.45, 2.75) is 162 Å². The summed E-state index contributed by atoms with van der Waals surface area (Å²) in [5.74, 6) is -0.528. The number of H-pyrrole nitrogens is 2. The van der Waals surface area contributed by atoms with Gasteiger partial charge in [-0.1, -0.05) is 27.2 Å². The molecule has 69 heavy (non-hydrogen) atoms. The van der Waals surface area contributed by atoms with Gasteiger partial charge in [0.15, 0.2) is 34.9 Å². The van der Waals surface area contributed by atoms with Gasteiger partial charge < -0.3 is 30.3 Å². The van der Waals surface area contributed by atoms with Crippen molar-refractivity contribution in [2.24, 2.45) is 0 Å². The number of aryl methyl sites for hydroxylation is 2. The fraction of sp³-hybridized carbons (Fsp3) is 0.659. The van der Waals surface area contributed by atoms with E-state index >= 15 is 4.39 Å². The first kappa shape index (κ1) is 53.2. The van der Waals surface area contributed by atoms with Crippen LogP contribution in [-0.4, -0.2) is 139 Å². The van der Waals surface area contributed by atoms with Gasteiger partial charge in [0.2, 0.25) is 31.9 Å². The summed E-state index contributed by atoms with van der Waals surface area (Å²) in [7, 11) is -2.90. The van der Waals surface area contributed by atoms with E-state index in [1.54, 1.807) is 41.5 Å². The van der Waals surface area contributed by atoms with Gasteiger partial charge in [0.1, 0.15) is 18.0 Å². The number of piperidine rings is 4. The summed E-state index contributed by atoms with van der Waals surface area (Å²) < 4.78 is 89.5. The highest BCUT2D eigenvalue weighted by Crippen LogP contribution is 2.40.